The van der Waals surface area contributed by atoms with Crippen LogP contribution >= 0.6 is 23.4 Å². The summed E-state index contributed by atoms with van der Waals surface area (Å²) in [5, 5.41) is 9.18. The molecule has 0 aliphatic heterocycles. The van der Waals surface area contributed by atoms with Gasteiger partial charge in [0.25, 0.3) is 5.56 Å². The molecule has 0 aliphatic rings. The minimum Gasteiger partial charge on any atom is -0.266 e. The topological polar surface area (TPSA) is 65.6 Å². The molecule has 0 saturated heterocycles. The van der Waals surface area contributed by atoms with E-state index in [0.29, 0.717) is 21.5 Å². The largest absolute Gasteiger partial charge is 0.288 e. The Kier molecular flexibility index (Phi) is 5.01. The fraction of sp³-hybridized carbons (Fsp3) is 0. The molecule has 0 aliphatic carbocycles. The van der Waals surface area contributed by atoms with Gasteiger partial charge < -0.3 is 0 Å². The Morgan fingerprint density at radius 3 is 2.29 bits per heavy atom. The standard InChI is InChI=1S/C22H13ClFN5OS/c23-14-6-10-16(11-7-14)28-21(30)19-20(29(27-26-19)17-4-2-1-3-5-17)25-22(28)31-18-12-8-15(24)9-13-18/h1-13H. The minimum atomic E-state index is -0.362. The van der Waals surface area contributed by atoms with Gasteiger partial charge in [0.1, 0.15) is 5.82 Å². The van der Waals surface area contributed by atoms with E-state index < -0.39 is 0 Å². The molecule has 3 aromatic carbocycles. The van der Waals surface area contributed by atoms with Crippen LogP contribution in [0.25, 0.3) is 22.5 Å². The van der Waals surface area contributed by atoms with Crippen molar-refractivity contribution in [2.45, 2.75) is 10.1 Å². The number of hydrogen-bond donors (Lipinski definition) is 0. The van der Waals surface area contributed by atoms with Gasteiger partial charge in [0.05, 0.1) is 11.4 Å². The van der Waals surface area contributed by atoms with Crippen LogP contribution in [0.1, 0.15) is 0 Å². The number of aromatic nitrogens is 5. The van der Waals surface area contributed by atoms with Crippen LogP contribution in [-0.4, -0.2) is 24.5 Å². The van der Waals surface area contributed by atoms with Crippen molar-refractivity contribution >= 4 is 34.5 Å². The Balaban J connectivity index is 1.75. The molecule has 0 unspecified atom stereocenters. The second-order valence-electron chi connectivity index (χ2n) is 6.58. The summed E-state index contributed by atoms with van der Waals surface area (Å²) in [5.74, 6) is -0.339. The maximum Gasteiger partial charge on any atom is 0.288 e. The van der Waals surface area contributed by atoms with Crippen LogP contribution in [0.15, 0.2) is 93.7 Å². The van der Waals surface area contributed by atoms with Gasteiger partial charge in [-0.2, -0.15) is 4.68 Å². The van der Waals surface area contributed by atoms with E-state index in [1.807, 2.05) is 30.3 Å². The van der Waals surface area contributed by atoms with E-state index in [2.05, 4.69) is 10.3 Å². The number of nitrogens with zero attached hydrogens (tertiary/aromatic N) is 5. The Labute approximate surface area is 184 Å². The number of rotatable bonds is 4. The van der Waals surface area contributed by atoms with Crippen LogP contribution in [0.2, 0.25) is 5.02 Å². The van der Waals surface area contributed by atoms with E-state index in [4.69, 9.17) is 16.6 Å². The lowest BCUT2D eigenvalue weighted by Crippen LogP contribution is -2.22. The summed E-state index contributed by atoms with van der Waals surface area (Å²) in [6.07, 6.45) is 0. The predicted molar refractivity (Wildman–Crippen MR) is 118 cm³/mol. The van der Waals surface area contributed by atoms with Crippen LogP contribution in [0.3, 0.4) is 0 Å². The molecular formula is C22H13ClFN5OS. The van der Waals surface area contributed by atoms with Gasteiger partial charge >= 0.3 is 0 Å². The lowest BCUT2D eigenvalue weighted by molar-refractivity contribution is 0.626. The Morgan fingerprint density at radius 2 is 1.58 bits per heavy atom. The van der Waals surface area contributed by atoms with Crippen LogP contribution in [0.5, 0.6) is 0 Å². The van der Waals surface area contributed by atoms with E-state index >= 15 is 0 Å². The van der Waals surface area contributed by atoms with Crippen molar-refractivity contribution in [2.75, 3.05) is 0 Å². The van der Waals surface area contributed by atoms with Crippen LogP contribution < -0.4 is 5.56 Å². The minimum absolute atomic E-state index is 0.141. The summed E-state index contributed by atoms with van der Waals surface area (Å²) in [4.78, 5) is 18.9. The Bertz CT molecular complexity index is 1430. The molecular weight excluding hydrogens is 437 g/mol. The highest BCUT2D eigenvalue weighted by Gasteiger charge is 2.19. The number of halogens is 2. The maximum absolute atomic E-state index is 13.4. The zero-order valence-corrected chi connectivity index (χ0v) is 17.4. The van der Waals surface area contributed by atoms with Gasteiger partial charge in [-0.1, -0.05) is 46.8 Å². The zero-order valence-electron chi connectivity index (χ0n) is 15.8. The first kappa shape index (κ1) is 19.5. The normalized spacial score (nSPS) is 11.2. The summed E-state index contributed by atoms with van der Waals surface area (Å²) in [6.45, 7) is 0. The summed E-state index contributed by atoms with van der Waals surface area (Å²) in [6, 6.07) is 22.2. The molecule has 152 valence electrons. The second kappa shape index (κ2) is 7.98. The number of benzene rings is 3. The third-order valence-electron chi connectivity index (χ3n) is 4.55. The van der Waals surface area contributed by atoms with Crippen molar-refractivity contribution in [3.63, 3.8) is 0 Å². The van der Waals surface area contributed by atoms with Crippen LogP contribution in [-0.2, 0) is 0 Å². The average molecular weight is 450 g/mol. The molecule has 0 bridgehead atoms. The molecule has 0 radical (unpaired) electrons. The third-order valence-corrected chi connectivity index (χ3v) is 5.77. The zero-order chi connectivity index (χ0) is 21.4. The SMILES string of the molecule is O=c1c2nnn(-c3ccccc3)c2nc(Sc2ccc(F)cc2)n1-c1ccc(Cl)cc1. The fourth-order valence-corrected chi connectivity index (χ4v) is 4.11. The third kappa shape index (κ3) is 3.71. The lowest BCUT2D eigenvalue weighted by atomic mass is 10.3. The fourth-order valence-electron chi connectivity index (χ4n) is 3.09. The number of hydrogen-bond acceptors (Lipinski definition) is 5. The van der Waals surface area contributed by atoms with Crippen LogP contribution in [0, 0.1) is 5.82 Å². The van der Waals surface area contributed by atoms with E-state index in [-0.39, 0.29) is 16.9 Å². The first-order valence-electron chi connectivity index (χ1n) is 9.23. The van der Waals surface area contributed by atoms with E-state index in [9.17, 15) is 9.18 Å². The number of fused-ring (bicyclic) bond motifs is 1. The molecule has 0 saturated carbocycles. The van der Waals surface area contributed by atoms with Crippen molar-refractivity contribution in [3.8, 4) is 11.4 Å². The molecule has 0 amide bonds. The summed E-state index contributed by atoms with van der Waals surface area (Å²) >= 11 is 7.26. The van der Waals surface area contributed by atoms with Crippen molar-refractivity contribution < 1.29 is 4.39 Å². The molecule has 0 fully saturated rings. The van der Waals surface area contributed by atoms with E-state index in [1.165, 1.54) is 33.1 Å². The quantitative estimate of drug-likeness (QED) is 0.365. The van der Waals surface area contributed by atoms with Gasteiger partial charge in [-0.05, 0) is 60.7 Å². The average Bonchev–Trinajstić information content (AvgIpc) is 3.21. The molecule has 5 aromatic rings. The molecule has 2 heterocycles. The van der Waals surface area contributed by atoms with Crippen molar-refractivity contribution in [2.24, 2.45) is 0 Å². The van der Waals surface area contributed by atoms with Gasteiger partial charge in [-0.3, -0.25) is 9.36 Å². The van der Waals surface area contributed by atoms with Crippen molar-refractivity contribution in [3.05, 3.63) is 100 Å². The van der Waals surface area contributed by atoms with E-state index in [0.717, 1.165) is 10.6 Å². The molecule has 9 heteroatoms. The van der Waals surface area contributed by atoms with E-state index in [1.54, 1.807) is 36.4 Å². The monoisotopic (exact) mass is 449 g/mol. The van der Waals surface area contributed by atoms with Gasteiger partial charge in [0.15, 0.2) is 16.3 Å². The first-order chi connectivity index (χ1) is 15.1. The molecule has 6 nitrogen and oxygen atoms in total. The van der Waals surface area contributed by atoms with Gasteiger partial charge in [-0.25, -0.2) is 9.37 Å². The van der Waals surface area contributed by atoms with Crippen molar-refractivity contribution in [1.82, 2.24) is 24.5 Å². The second-order valence-corrected chi connectivity index (χ2v) is 8.05. The highest BCUT2D eigenvalue weighted by atomic mass is 35.5. The molecule has 2 aromatic heterocycles. The van der Waals surface area contributed by atoms with Crippen LogP contribution in [0.4, 0.5) is 4.39 Å². The Morgan fingerprint density at radius 1 is 0.871 bits per heavy atom. The summed E-state index contributed by atoms with van der Waals surface area (Å²) in [7, 11) is 0. The number of para-hydroxylation sites is 1. The molecule has 0 spiro atoms. The first-order valence-corrected chi connectivity index (χ1v) is 10.4. The summed E-state index contributed by atoms with van der Waals surface area (Å²) < 4.78 is 16.3. The molecule has 31 heavy (non-hydrogen) atoms. The molecule has 0 N–H and O–H groups in total. The van der Waals surface area contributed by atoms with Crippen molar-refractivity contribution in [1.29, 1.82) is 0 Å². The molecule has 0 atom stereocenters. The van der Waals surface area contributed by atoms with Gasteiger partial charge in [0, 0.05) is 9.92 Å². The predicted octanol–water partition coefficient (Wildman–Crippen LogP) is 4.91. The van der Waals surface area contributed by atoms with Gasteiger partial charge in [0.2, 0.25) is 0 Å². The van der Waals surface area contributed by atoms with Gasteiger partial charge in [-0.15, -0.1) is 5.10 Å². The lowest BCUT2D eigenvalue weighted by Gasteiger charge is -2.12. The molecule has 5 rings (SSSR count). The highest BCUT2D eigenvalue weighted by Crippen LogP contribution is 2.29. The Hall–Kier alpha value is -3.49. The summed E-state index contributed by atoms with van der Waals surface area (Å²) in [5.41, 5.74) is 1.44. The highest BCUT2D eigenvalue weighted by molar-refractivity contribution is 7.99. The maximum atomic E-state index is 13.4. The smallest absolute Gasteiger partial charge is 0.266 e.